The molecule has 120 valence electrons. The normalized spacial score (nSPS) is 12.9. The van der Waals surface area contributed by atoms with E-state index in [1.807, 2.05) is 31.2 Å². The van der Waals surface area contributed by atoms with Crippen molar-refractivity contribution in [3.05, 3.63) is 49.1 Å². The first-order valence-corrected chi connectivity index (χ1v) is 7.36. The third-order valence-corrected chi connectivity index (χ3v) is 3.27. The Morgan fingerprint density at radius 2 is 2.00 bits per heavy atom. The Hall–Kier alpha value is -2.23. The maximum atomic E-state index is 12.3. The van der Waals surface area contributed by atoms with Gasteiger partial charge in [0.15, 0.2) is 0 Å². The number of carbonyl (C=O) groups is 1. The van der Waals surface area contributed by atoms with Crippen molar-refractivity contribution in [3.8, 4) is 5.75 Å². The van der Waals surface area contributed by atoms with Crippen LogP contribution in [0.5, 0.6) is 5.75 Å². The molecular weight excluding hydrogens is 278 g/mol. The predicted molar refractivity (Wildman–Crippen MR) is 90.2 cm³/mol. The van der Waals surface area contributed by atoms with Crippen molar-refractivity contribution in [2.75, 3.05) is 19.0 Å². The first-order valence-electron chi connectivity index (χ1n) is 7.36. The van der Waals surface area contributed by atoms with E-state index in [4.69, 9.17) is 9.47 Å². The molecule has 0 aliphatic rings. The Labute approximate surface area is 132 Å². The maximum absolute atomic E-state index is 12.3. The summed E-state index contributed by atoms with van der Waals surface area (Å²) in [6, 6.07) is 6.92. The zero-order valence-electron chi connectivity index (χ0n) is 13.6. The molecule has 22 heavy (non-hydrogen) atoms. The minimum absolute atomic E-state index is 0.0846. The second-order valence-electron chi connectivity index (χ2n) is 5.16. The van der Waals surface area contributed by atoms with E-state index >= 15 is 0 Å². The van der Waals surface area contributed by atoms with E-state index in [0.717, 1.165) is 17.0 Å². The first kappa shape index (κ1) is 17.8. The lowest BCUT2D eigenvalue weighted by atomic mass is 9.92. The molecule has 0 bridgehead atoms. The van der Waals surface area contributed by atoms with Crippen LogP contribution in [0.1, 0.15) is 20.3 Å². The molecular formula is C18H25NO3. The quantitative estimate of drug-likeness (QED) is 0.557. The zero-order chi connectivity index (χ0) is 16.5. The Morgan fingerprint density at radius 3 is 2.45 bits per heavy atom. The fourth-order valence-electron chi connectivity index (χ4n) is 2.18. The zero-order valence-corrected chi connectivity index (χ0v) is 13.6. The van der Waals surface area contributed by atoms with Crippen LogP contribution >= 0.6 is 0 Å². The molecule has 0 heterocycles. The number of ether oxygens (including phenoxy) is 2. The molecule has 0 unspecified atom stereocenters. The van der Waals surface area contributed by atoms with Gasteiger partial charge in [0.25, 0.3) is 0 Å². The van der Waals surface area contributed by atoms with E-state index in [1.165, 1.54) is 0 Å². The lowest BCUT2D eigenvalue weighted by molar-refractivity contribution is -0.144. The fourth-order valence-corrected chi connectivity index (χ4v) is 2.18. The SMILES string of the molecule is C=C[C@@H](CC(=C)C)[C@H](Nc1ccc(OC)cc1)C(=O)OCC. The molecule has 0 fully saturated rings. The minimum Gasteiger partial charge on any atom is -0.497 e. The standard InChI is InChI=1S/C18H25NO3/c1-6-14(12-13(3)4)17(18(20)22-7-2)19-15-8-10-16(21-5)11-9-15/h6,8-11,14,17,19H,1,3,7,12H2,2,4-5H3/t14-,17-/m0/s1. The van der Waals surface area contributed by atoms with Gasteiger partial charge in [-0.3, -0.25) is 0 Å². The van der Waals surface area contributed by atoms with Crippen LogP contribution in [-0.4, -0.2) is 25.7 Å². The van der Waals surface area contributed by atoms with E-state index < -0.39 is 6.04 Å². The summed E-state index contributed by atoms with van der Waals surface area (Å²) in [6.07, 6.45) is 2.45. The molecule has 0 aliphatic carbocycles. The monoisotopic (exact) mass is 303 g/mol. The number of anilines is 1. The summed E-state index contributed by atoms with van der Waals surface area (Å²) >= 11 is 0. The Balaban J connectivity index is 2.94. The van der Waals surface area contributed by atoms with Crippen LogP contribution in [0.3, 0.4) is 0 Å². The van der Waals surface area contributed by atoms with Crippen LogP contribution < -0.4 is 10.1 Å². The fraction of sp³-hybridized carbons (Fsp3) is 0.389. The highest BCUT2D eigenvalue weighted by molar-refractivity contribution is 5.80. The van der Waals surface area contributed by atoms with Crippen molar-refractivity contribution < 1.29 is 14.3 Å². The van der Waals surface area contributed by atoms with Crippen LogP contribution in [0.4, 0.5) is 5.69 Å². The van der Waals surface area contributed by atoms with Crippen molar-refractivity contribution in [1.29, 1.82) is 0 Å². The van der Waals surface area contributed by atoms with Crippen molar-refractivity contribution in [1.82, 2.24) is 0 Å². The van der Waals surface area contributed by atoms with E-state index in [0.29, 0.717) is 13.0 Å². The van der Waals surface area contributed by atoms with Crippen molar-refractivity contribution >= 4 is 11.7 Å². The van der Waals surface area contributed by atoms with Gasteiger partial charge >= 0.3 is 5.97 Å². The highest BCUT2D eigenvalue weighted by atomic mass is 16.5. The molecule has 0 saturated heterocycles. The van der Waals surface area contributed by atoms with E-state index in [9.17, 15) is 4.79 Å². The van der Waals surface area contributed by atoms with Gasteiger partial charge in [-0.25, -0.2) is 4.79 Å². The predicted octanol–water partition coefficient (Wildman–Crippen LogP) is 3.81. The Morgan fingerprint density at radius 1 is 1.36 bits per heavy atom. The van der Waals surface area contributed by atoms with E-state index in [1.54, 1.807) is 20.1 Å². The topological polar surface area (TPSA) is 47.6 Å². The smallest absolute Gasteiger partial charge is 0.329 e. The average molecular weight is 303 g/mol. The lowest BCUT2D eigenvalue weighted by Gasteiger charge is -2.25. The summed E-state index contributed by atoms with van der Waals surface area (Å²) in [5, 5.41) is 3.23. The van der Waals surface area contributed by atoms with E-state index in [-0.39, 0.29) is 11.9 Å². The molecule has 0 aromatic heterocycles. The number of hydrogen-bond donors (Lipinski definition) is 1. The van der Waals surface area contributed by atoms with E-state index in [2.05, 4.69) is 18.5 Å². The van der Waals surface area contributed by atoms with Gasteiger partial charge in [0, 0.05) is 11.6 Å². The van der Waals surface area contributed by atoms with Crippen molar-refractivity contribution in [3.63, 3.8) is 0 Å². The summed E-state index contributed by atoms with van der Waals surface area (Å²) in [6.45, 7) is 11.8. The summed E-state index contributed by atoms with van der Waals surface area (Å²) < 4.78 is 10.3. The van der Waals surface area contributed by atoms with Gasteiger partial charge in [0.2, 0.25) is 0 Å². The van der Waals surface area contributed by atoms with Crippen LogP contribution in [0, 0.1) is 5.92 Å². The van der Waals surface area contributed by atoms with Gasteiger partial charge in [-0.1, -0.05) is 11.6 Å². The van der Waals surface area contributed by atoms with Crippen molar-refractivity contribution in [2.24, 2.45) is 5.92 Å². The second kappa shape index (κ2) is 8.93. The highest BCUT2D eigenvalue weighted by Crippen LogP contribution is 2.22. The highest BCUT2D eigenvalue weighted by Gasteiger charge is 2.27. The number of allylic oxidation sites excluding steroid dienone is 1. The van der Waals surface area contributed by atoms with Crippen molar-refractivity contribution in [2.45, 2.75) is 26.3 Å². The van der Waals surface area contributed by atoms with Crippen LogP contribution in [0.2, 0.25) is 0 Å². The summed E-state index contributed by atoms with van der Waals surface area (Å²) in [4.78, 5) is 12.3. The summed E-state index contributed by atoms with van der Waals surface area (Å²) in [5.74, 6) is 0.392. The van der Waals surface area contributed by atoms with Gasteiger partial charge in [0.05, 0.1) is 13.7 Å². The molecule has 1 aromatic rings. The molecule has 0 amide bonds. The van der Waals surface area contributed by atoms with Gasteiger partial charge in [0.1, 0.15) is 11.8 Å². The summed E-state index contributed by atoms with van der Waals surface area (Å²) in [7, 11) is 1.62. The molecule has 1 rings (SSSR count). The number of methoxy groups -OCH3 is 1. The molecule has 0 aliphatic heterocycles. The number of nitrogens with one attached hydrogen (secondary N) is 1. The first-order chi connectivity index (χ1) is 10.5. The van der Waals surface area contributed by atoms with Crippen LogP contribution in [-0.2, 0) is 9.53 Å². The van der Waals surface area contributed by atoms with Gasteiger partial charge < -0.3 is 14.8 Å². The number of hydrogen-bond acceptors (Lipinski definition) is 4. The number of benzene rings is 1. The number of rotatable bonds is 9. The number of esters is 1. The van der Waals surface area contributed by atoms with Gasteiger partial charge in [-0.15, -0.1) is 13.2 Å². The maximum Gasteiger partial charge on any atom is 0.329 e. The molecule has 1 aromatic carbocycles. The largest absolute Gasteiger partial charge is 0.497 e. The van der Waals surface area contributed by atoms with Crippen LogP contribution in [0.25, 0.3) is 0 Å². The average Bonchev–Trinajstić information content (AvgIpc) is 2.51. The van der Waals surface area contributed by atoms with Gasteiger partial charge in [-0.2, -0.15) is 0 Å². The summed E-state index contributed by atoms with van der Waals surface area (Å²) in [5.41, 5.74) is 1.82. The lowest BCUT2D eigenvalue weighted by Crippen LogP contribution is -2.37. The molecule has 1 N–H and O–H groups in total. The third kappa shape index (κ3) is 5.28. The second-order valence-corrected chi connectivity index (χ2v) is 5.16. The number of carbonyl (C=O) groups excluding carboxylic acids is 1. The third-order valence-electron chi connectivity index (χ3n) is 3.27. The molecule has 2 atom stereocenters. The Bertz CT molecular complexity index is 508. The minimum atomic E-state index is -0.498. The Kier molecular flexibility index (Phi) is 7.23. The molecule has 0 radical (unpaired) electrons. The molecule has 4 heteroatoms. The molecule has 4 nitrogen and oxygen atoms in total. The molecule has 0 saturated carbocycles. The van der Waals surface area contributed by atoms with Crippen LogP contribution in [0.15, 0.2) is 49.1 Å². The van der Waals surface area contributed by atoms with Gasteiger partial charge in [-0.05, 0) is 44.5 Å². The molecule has 0 spiro atoms.